The van der Waals surface area contributed by atoms with Gasteiger partial charge in [0.25, 0.3) is 0 Å². The topological polar surface area (TPSA) is 71.2 Å². The highest BCUT2D eigenvalue weighted by Crippen LogP contribution is 2.19. The largest absolute Gasteiger partial charge is 0.397 e. The van der Waals surface area contributed by atoms with Gasteiger partial charge in [-0.15, -0.1) is 0 Å². The number of pyridine rings is 1. The summed E-state index contributed by atoms with van der Waals surface area (Å²) in [5, 5.41) is 1.000. The fourth-order valence-corrected chi connectivity index (χ4v) is 2.60. The number of aromatic nitrogens is 3. The van der Waals surface area contributed by atoms with Crippen LogP contribution in [-0.2, 0) is 0 Å². The van der Waals surface area contributed by atoms with E-state index in [4.69, 9.17) is 5.73 Å². The molecule has 18 heavy (non-hydrogen) atoms. The van der Waals surface area contributed by atoms with Crippen LogP contribution in [0.3, 0.4) is 0 Å². The van der Waals surface area contributed by atoms with Crippen LogP contribution in [0.4, 0.5) is 16.6 Å². The van der Waals surface area contributed by atoms with Gasteiger partial charge in [0, 0.05) is 37.7 Å². The molecule has 0 radical (unpaired) electrons. The Kier molecular flexibility index (Phi) is 2.97. The van der Waals surface area contributed by atoms with Gasteiger partial charge in [0.1, 0.15) is 12.1 Å². The number of anilines is 3. The Labute approximate surface area is 109 Å². The van der Waals surface area contributed by atoms with Crippen molar-refractivity contribution in [3.8, 4) is 0 Å². The highest BCUT2D eigenvalue weighted by molar-refractivity contribution is 7.09. The summed E-state index contributed by atoms with van der Waals surface area (Å²) in [6.07, 6.45) is 3.31. The predicted octanol–water partition coefficient (Wildman–Crippen LogP) is 0.842. The molecule has 1 saturated heterocycles. The van der Waals surface area contributed by atoms with E-state index in [-0.39, 0.29) is 0 Å². The van der Waals surface area contributed by atoms with Crippen LogP contribution in [0, 0.1) is 0 Å². The molecule has 0 spiro atoms. The molecule has 2 aromatic heterocycles. The average Bonchev–Trinajstić information content (AvgIpc) is 2.94. The van der Waals surface area contributed by atoms with Crippen molar-refractivity contribution in [2.45, 2.75) is 0 Å². The lowest BCUT2D eigenvalue weighted by molar-refractivity contribution is 0.646. The molecule has 0 saturated carbocycles. The van der Waals surface area contributed by atoms with Gasteiger partial charge in [0.05, 0.1) is 11.9 Å². The predicted molar refractivity (Wildman–Crippen MR) is 73.0 cm³/mol. The van der Waals surface area contributed by atoms with Crippen LogP contribution in [0.1, 0.15) is 0 Å². The Balaban J connectivity index is 1.65. The molecule has 94 valence electrons. The third-order valence-corrected chi connectivity index (χ3v) is 3.72. The maximum absolute atomic E-state index is 5.64. The quantitative estimate of drug-likeness (QED) is 0.865. The highest BCUT2D eigenvalue weighted by Gasteiger charge is 2.19. The molecular formula is C11H14N6S. The van der Waals surface area contributed by atoms with E-state index < -0.39 is 0 Å². The minimum atomic E-state index is 0.700. The van der Waals surface area contributed by atoms with Crippen molar-refractivity contribution < 1.29 is 0 Å². The molecule has 3 rings (SSSR count). The van der Waals surface area contributed by atoms with Gasteiger partial charge < -0.3 is 15.5 Å². The Morgan fingerprint density at radius 1 is 1.06 bits per heavy atom. The second-order valence-corrected chi connectivity index (χ2v) is 4.91. The Morgan fingerprint density at radius 2 is 1.83 bits per heavy atom. The molecule has 0 unspecified atom stereocenters. The SMILES string of the molecule is Nc1ccc(N2CCN(c3ncns3)CC2)nc1. The normalized spacial score (nSPS) is 16.0. The first-order chi connectivity index (χ1) is 8.83. The van der Waals surface area contributed by atoms with Crippen molar-refractivity contribution in [3.63, 3.8) is 0 Å². The van der Waals surface area contributed by atoms with Crippen LogP contribution >= 0.6 is 11.5 Å². The zero-order valence-electron chi connectivity index (χ0n) is 9.86. The molecule has 0 aliphatic carbocycles. The molecule has 1 fully saturated rings. The van der Waals surface area contributed by atoms with Gasteiger partial charge >= 0.3 is 0 Å². The fraction of sp³-hybridized carbons (Fsp3) is 0.364. The smallest absolute Gasteiger partial charge is 0.205 e. The third-order valence-electron chi connectivity index (χ3n) is 2.99. The summed E-state index contributed by atoms with van der Waals surface area (Å²) in [7, 11) is 0. The Bertz CT molecular complexity index is 489. The lowest BCUT2D eigenvalue weighted by Crippen LogP contribution is -2.46. The highest BCUT2D eigenvalue weighted by atomic mass is 32.1. The number of nitrogens with zero attached hydrogens (tertiary/aromatic N) is 5. The van der Waals surface area contributed by atoms with Crippen molar-refractivity contribution in [1.82, 2.24) is 14.3 Å². The molecule has 0 amide bonds. The van der Waals surface area contributed by atoms with Crippen LogP contribution in [0.15, 0.2) is 24.7 Å². The van der Waals surface area contributed by atoms with Gasteiger partial charge in [-0.25, -0.2) is 9.97 Å². The van der Waals surface area contributed by atoms with Crippen molar-refractivity contribution in [1.29, 1.82) is 0 Å². The van der Waals surface area contributed by atoms with Crippen LogP contribution in [0.25, 0.3) is 0 Å². The van der Waals surface area contributed by atoms with E-state index in [0.29, 0.717) is 5.69 Å². The van der Waals surface area contributed by atoms with E-state index in [1.165, 1.54) is 11.5 Å². The van der Waals surface area contributed by atoms with Gasteiger partial charge in [-0.2, -0.15) is 4.37 Å². The summed E-state index contributed by atoms with van der Waals surface area (Å²) in [6, 6.07) is 3.86. The van der Waals surface area contributed by atoms with Gasteiger partial charge in [-0.3, -0.25) is 0 Å². The molecule has 2 aromatic rings. The second kappa shape index (κ2) is 4.77. The van der Waals surface area contributed by atoms with Gasteiger partial charge in [0.15, 0.2) is 0 Å². The zero-order chi connectivity index (χ0) is 12.4. The number of rotatable bonds is 2. The standard InChI is InChI=1S/C11H14N6S/c12-9-1-2-10(13-7-9)16-3-5-17(6-4-16)11-14-8-15-18-11/h1-2,7-8H,3-6,12H2. The van der Waals surface area contributed by atoms with E-state index in [1.807, 2.05) is 12.1 Å². The van der Waals surface area contributed by atoms with Crippen LogP contribution in [0.2, 0.25) is 0 Å². The second-order valence-electron chi connectivity index (χ2n) is 4.15. The summed E-state index contributed by atoms with van der Waals surface area (Å²) in [5.74, 6) is 0.987. The summed E-state index contributed by atoms with van der Waals surface area (Å²) in [5.41, 5.74) is 6.34. The first-order valence-electron chi connectivity index (χ1n) is 5.81. The van der Waals surface area contributed by atoms with Crippen LogP contribution < -0.4 is 15.5 Å². The molecule has 0 aromatic carbocycles. The monoisotopic (exact) mass is 262 g/mol. The molecule has 0 bridgehead atoms. The van der Waals surface area contributed by atoms with Crippen molar-refractivity contribution in [3.05, 3.63) is 24.7 Å². The van der Waals surface area contributed by atoms with E-state index >= 15 is 0 Å². The molecule has 7 heteroatoms. The minimum absolute atomic E-state index is 0.700. The number of hydrogen-bond acceptors (Lipinski definition) is 7. The molecule has 1 aliphatic rings. The zero-order valence-corrected chi connectivity index (χ0v) is 10.7. The summed E-state index contributed by atoms with van der Waals surface area (Å²) >= 11 is 1.44. The molecule has 1 aliphatic heterocycles. The van der Waals surface area contributed by atoms with Gasteiger partial charge in [-0.1, -0.05) is 0 Å². The van der Waals surface area contributed by atoms with Crippen LogP contribution in [-0.4, -0.2) is 40.5 Å². The van der Waals surface area contributed by atoms with Crippen molar-refractivity contribution in [2.24, 2.45) is 0 Å². The number of nitrogen functional groups attached to an aromatic ring is 1. The van der Waals surface area contributed by atoms with E-state index in [1.54, 1.807) is 12.5 Å². The number of piperazine rings is 1. The first kappa shape index (κ1) is 11.2. The average molecular weight is 262 g/mol. The summed E-state index contributed by atoms with van der Waals surface area (Å²) in [4.78, 5) is 13.1. The van der Waals surface area contributed by atoms with Crippen molar-refractivity contribution in [2.75, 3.05) is 41.7 Å². The lowest BCUT2D eigenvalue weighted by atomic mass is 10.3. The fourth-order valence-electron chi connectivity index (χ4n) is 2.02. The summed E-state index contributed by atoms with van der Waals surface area (Å²) < 4.78 is 4.03. The van der Waals surface area contributed by atoms with Gasteiger partial charge in [0.2, 0.25) is 5.13 Å². The first-order valence-corrected chi connectivity index (χ1v) is 6.58. The number of nitrogens with two attached hydrogens (primary N) is 1. The maximum Gasteiger partial charge on any atom is 0.205 e. The Morgan fingerprint density at radius 3 is 2.44 bits per heavy atom. The number of hydrogen-bond donors (Lipinski definition) is 1. The lowest BCUT2D eigenvalue weighted by Gasteiger charge is -2.35. The van der Waals surface area contributed by atoms with Crippen LogP contribution in [0.5, 0.6) is 0 Å². The van der Waals surface area contributed by atoms with E-state index in [9.17, 15) is 0 Å². The van der Waals surface area contributed by atoms with Gasteiger partial charge in [-0.05, 0) is 12.1 Å². The minimum Gasteiger partial charge on any atom is -0.397 e. The molecule has 3 heterocycles. The van der Waals surface area contributed by atoms with Crippen molar-refractivity contribution >= 4 is 28.2 Å². The maximum atomic E-state index is 5.64. The molecule has 0 atom stereocenters. The third kappa shape index (κ3) is 2.21. The molecular weight excluding hydrogens is 248 g/mol. The summed E-state index contributed by atoms with van der Waals surface area (Å²) in [6.45, 7) is 3.77. The van der Waals surface area contributed by atoms with E-state index in [2.05, 4.69) is 24.1 Å². The molecule has 2 N–H and O–H groups in total. The molecule has 6 nitrogen and oxygen atoms in total. The van der Waals surface area contributed by atoms with E-state index in [0.717, 1.165) is 37.1 Å². The Hall–Kier alpha value is -1.89.